The van der Waals surface area contributed by atoms with Crippen molar-refractivity contribution in [3.05, 3.63) is 96.0 Å². The van der Waals surface area contributed by atoms with E-state index < -0.39 is 41.6 Å². The predicted octanol–water partition coefficient (Wildman–Crippen LogP) is 4.22. The number of benzene rings is 3. The van der Waals surface area contributed by atoms with E-state index in [4.69, 9.17) is 28.4 Å². The van der Waals surface area contributed by atoms with E-state index in [9.17, 15) is 35.7 Å². The number of Topliss-reactive ketones (excluding diaryl/α,β-unsaturated/α-hetero) is 1. The number of piperidine rings is 1. The van der Waals surface area contributed by atoms with E-state index >= 15 is 0 Å². The molecule has 0 amide bonds. The fourth-order valence-corrected chi connectivity index (χ4v) is 15.0. The van der Waals surface area contributed by atoms with E-state index in [0.717, 1.165) is 62.4 Å². The summed E-state index contributed by atoms with van der Waals surface area (Å²) in [5, 5.41) is 65.6. The van der Waals surface area contributed by atoms with Gasteiger partial charge in [0.1, 0.15) is 29.3 Å². The number of phenols is 1. The molecular formula is C54H62N6O11. The number of carbonyl (C=O) groups excluding carboxylic acids is 1. The molecule has 3 aromatic carbocycles. The maximum absolute atomic E-state index is 13.6. The van der Waals surface area contributed by atoms with E-state index in [1.807, 2.05) is 32.7 Å². The third-order valence-corrected chi connectivity index (χ3v) is 17.8. The average molecular weight is 971 g/mol. The summed E-state index contributed by atoms with van der Waals surface area (Å²) >= 11 is 0. The van der Waals surface area contributed by atoms with Crippen LogP contribution in [0.3, 0.4) is 0 Å². The molecule has 9 aliphatic rings. The molecule has 3 unspecified atom stereocenters. The van der Waals surface area contributed by atoms with E-state index in [1.54, 1.807) is 21.1 Å². The molecule has 3 aromatic rings. The maximum atomic E-state index is 13.6. The second kappa shape index (κ2) is 16.8. The number of aromatic hydroxyl groups is 1. The van der Waals surface area contributed by atoms with Crippen LogP contribution in [0.15, 0.2) is 34.8 Å². The van der Waals surface area contributed by atoms with Crippen molar-refractivity contribution in [2.45, 2.75) is 133 Å². The Morgan fingerprint density at radius 1 is 0.690 bits per heavy atom. The Morgan fingerprint density at radius 2 is 1.20 bits per heavy atom. The number of piperazine rings is 2. The molecule has 17 heteroatoms. The molecule has 71 heavy (non-hydrogen) atoms. The predicted molar refractivity (Wildman–Crippen MR) is 256 cm³/mol. The first-order valence-corrected chi connectivity index (χ1v) is 24.5. The lowest BCUT2D eigenvalue weighted by atomic mass is 9.64. The molecule has 4 fully saturated rings. The molecule has 17 nitrogen and oxygen atoms in total. The summed E-state index contributed by atoms with van der Waals surface area (Å²) < 4.78 is 34.4. The molecule has 1 aliphatic carbocycles. The normalized spacial score (nSPS) is 32.0. The van der Waals surface area contributed by atoms with E-state index in [-0.39, 0.29) is 69.2 Å². The van der Waals surface area contributed by atoms with Gasteiger partial charge in [0, 0.05) is 58.4 Å². The SMILES string of the molecule is COc1c(C)cc2c(c1C)C1[C@@H]3CC4(O)C(=O)C(C)=C5OCOC5=C4[C@H](CO)N3[C@@H](C#N)[C@H](C2)N1C.COc1c(C)cc2c(c1C)C1[C@@H]3Cc4c(O)c(C)c5c(c4[C@H](CO)N3[C@@H](C#N)[C@H](C2)N1C)OCO5. The number of nitrogens with zero attached hydrogens (tertiary/aromatic N) is 6. The van der Waals surface area contributed by atoms with Crippen molar-refractivity contribution in [1.82, 2.24) is 19.6 Å². The van der Waals surface area contributed by atoms with Crippen molar-refractivity contribution in [2.24, 2.45) is 0 Å². The Morgan fingerprint density at radius 3 is 1.73 bits per heavy atom. The van der Waals surface area contributed by atoms with Crippen LogP contribution in [-0.2, 0) is 33.5 Å². The number of nitriles is 2. The second-order valence-electron chi connectivity index (χ2n) is 20.8. The van der Waals surface area contributed by atoms with E-state index in [2.05, 4.69) is 59.9 Å². The first-order valence-electron chi connectivity index (χ1n) is 24.5. The molecular weight excluding hydrogens is 909 g/mol. The first-order chi connectivity index (χ1) is 34.0. The van der Waals surface area contributed by atoms with Crippen molar-refractivity contribution in [3.8, 4) is 40.9 Å². The lowest BCUT2D eigenvalue weighted by molar-refractivity contribution is -0.150. The molecule has 4 N–H and O–H groups in total. The zero-order valence-corrected chi connectivity index (χ0v) is 41.9. The van der Waals surface area contributed by atoms with Crippen molar-refractivity contribution in [2.75, 3.05) is 55.1 Å². The Labute approximate surface area is 413 Å². The van der Waals surface area contributed by atoms with Gasteiger partial charge in [-0.1, -0.05) is 12.1 Å². The minimum absolute atomic E-state index is 0.0184. The number of aryl methyl sites for hydroxylation is 2. The van der Waals surface area contributed by atoms with Crippen LogP contribution in [0.25, 0.3) is 0 Å². The number of aliphatic hydroxyl groups is 3. The highest BCUT2D eigenvalue weighted by Gasteiger charge is 2.64. The largest absolute Gasteiger partial charge is 0.507 e. The van der Waals surface area contributed by atoms with Gasteiger partial charge in [-0.2, -0.15) is 10.5 Å². The standard InChI is InChI=1S/C27H31N3O6.C27H31N3O5/c1-12-6-15-7-16-18(9-28)30-17(22(29(16)4)20(15)13(2)23(12)34-5)8-27(33)21(19(30)10-31)25-24(35-11-36-25)14(3)26(27)32;1-12-6-15-7-17-19(9-28)30-18(23(29(17)4)21(15)13(2)25(12)33-5)8-16-22(20(30)10-31)27-26(34-11-35-27)14(3)24(16)32/h6,16-19,22,31,33H,7-8,10-11H2,1-5H3;6,17-20,23,31-32H,7-8,10-11H2,1-5H3/t16-,17-,18-,19-,22?,27?;17-,18-,19-,20-,23?/m00/s1. The number of hydrogen-bond donors (Lipinski definition) is 4. The van der Waals surface area contributed by atoms with E-state index in [1.165, 1.54) is 11.1 Å². The number of methoxy groups -OCH3 is 2. The first kappa shape index (κ1) is 47.4. The Hall–Kier alpha value is -5.89. The van der Waals surface area contributed by atoms with Crippen molar-refractivity contribution >= 4 is 5.78 Å². The number of aliphatic hydroxyl groups excluding tert-OH is 2. The topological polar surface area (TPSA) is 214 Å². The summed E-state index contributed by atoms with van der Waals surface area (Å²) in [4.78, 5) is 22.4. The van der Waals surface area contributed by atoms with Crippen LogP contribution in [0, 0.1) is 57.3 Å². The number of phenolic OH excluding ortho intramolecular Hbond substituents is 1. The molecule has 374 valence electrons. The molecule has 0 radical (unpaired) electrons. The fourth-order valence-electron chi connectivity index (χ4n) is 15.0. The zero-order chi connectivity index (χ0) is 50.4. The number of ether oxygens (including phenoxy) is 6. The van der Waals surface area contributed by atoms with Crippen molar-refractivity contribution < 1.29 is 53.6 Å². The van der Waals surface area contributed by atoms with Gasteiger partial charge >= 0.3 is 0 Å². The lowest BCUT2D eigenvalue weighted by Gasteiger charge is -2.62. The molecule has 8 heterocycles. The van der Waals surface area contributed by atoms with Crippen molar-refractivity contribution in [1.29, 1.82) is 10.5 Å². The second-order valence-corrected chi connectivity index (χ2v) is 20.8. The third-order valence-electron chi connectivity index (χ3n) is 17.8. The lowest BCUT2D eigenvalue weighted by Crippen LogP contribution is -2.74. The Balaban J connectivity index is 0.000000154. The van der Waals surface area contributed by atoms with Crippen LogP contribution in [0.1, 0.15) is 92.7 Å². The molecule has 4 bridgehead atoms. The van der Waals surface area contributed by atoms with Gasteiger partial charge in [-0.05, 0) is 119 Å². The summed E-state index contributed by atoms with van der Waals surface area (Å²) in [6.07, 6.45) is 2.03. The van der Waals surface area contributed by atoms with Crippen molar-refractivity contribution in [3.63, 3.8) is 0 Å². The molecule has 4 saturated heterocycles. The summed E-state index contributed by atoms with van der Waals surface area (Å²) in [5.41, 5.74) is 9.98. The fraction of sp³-hybridized carbons (Fsp3) is 0.537. The highest BCUT2D eigenvalue weighted by molar-refractivity contribution is 6.06. The average Bonchev–Trinajstić information content (AvgIpc) is 4.05. The number of fused-ring (bicyclic) bond motifs is 17. The quantitative estimate of drug-likeness (QED) is 0.288. The summed E-state index contributed by atoms with van der Waals surface area (Å²) in [6, 6.07) is 6.27. The molecule has 0 spiro atoms. The summed E-state index contributed by atoms with van der Waals surface area (Å²) in [6.45, 7) is 11.2. The highest BCUT2D eigenvalue weighted by atomic mass is 16.7. The zero-order valence-electron chi connectivity index (χ0n) is 41.9. The van der Waals surface area contributed by atoms with E-state index in [0.29, 0.717) is 52.6 Å². The van der Waals surface area contributed by atoms with Crippen LogP contribution >= 0.6 is 0 Å². The Kier molecular flexibility index (Phi) is 11.3. The van der Waals surface area contributed by atoms with Gasteiger partial charge in [0.2, 0.25) is 13.6 Å². The van der Waals surface area contributed by atoms with Crippen LogP contribution in [0.2, 0.25) is 0 Å². The minimum Gasteiger partial charge on any atom is -0.507 e. The van der Waals surface area contributed by atoms with Crippen LogP contribution in [0.4, 0.5) is 0 Å². The number of hydrogen-bond acceptors (Lipinski definition) is 17. The number of carbonyl (C=O) groups is 1. The Bertz CT molecular complexity index is 2970. The van der Waals surface area contributed by atoms with Gasteiger partial charge < -0.3 is 48.8 Å². The number of rotatable bonds is 4. The molecule has 12 rings (SSSR count). The van der Waals surface area contributed by atoms with Gasteiger partial charge in [-0.25, -0.2) is 0 Å². The van der Waals surface area contributed by atoms with Gasteiger partial charge in [0.05, 0.1) is 63.7 Å². The summed E-state index contributed by atoms with van der Waals surface area (Å²) in [7, 11) is 7.48. The van der Waals surface area contributed by atoms with Crippen LogP contribution < -0.4 is 18.9 Å². The van der Waals surface area contributed by atoms with Crippen LogP contribution in [0.5, 0.6) is 28.7 Å². The number of likely N-dealkylation sites (N-methyl/N-ethyl adjacent to an activating group) is 2. The molecule has 0 aromatic heterocycles. The van der Waals surface area contributed by atoms with Gasteiger partial charge in [0.15, 0.2) is 34.4 Å². The summed E-state index contributed by atoms with van der Waals surface area (Å²) in [5.74, 6) is 3.22. The monoisotopic (exact) mass is 970 g/mol. The van der Waals surface area contributed by atoms with Gasteiger partial charge in [-0.15, -0.1) is 0 Å². The number of ketones is 1. The molecule has 8 aliphatic heterocycles. The maximum Gasteiger partial charge on any atom is 0.231 e. The van der Waals surface area contributed by atoms with Gasteiger partial charge in [0.25, 0.3) is 0 Å². The highest BCUT2D eigenvalue weighted by Crippen LogP contribution is 2.59. The molecule has 0 saturated carbocycles. The third kappa shape index (κ3) is 6.24. The smallest absolute Gasteiger partial charge is 0.231 e. The van der Waals surface area contributed by atoms with Gasteiger partial charge in [-0.3, -0.25) is 24.4 Å². The van der Waals surface area contributed by atoms with Crippen LogP contribution in [-0.4, -0.2) is 149 Å². The minimum atomic E-state index is -1.86. The molecule has 11 atom stereocenters.